The third kappa shape index (κ3) is 4.10. The molecule has 1 atom stereocenters. The fraction of sp³-hybridized carbons (Fsp3) is 0.643. The van der Waals surface area contributed by atoms with Gasteiger partial charge in [-0.1, -0.05) is 18.5 Å². The second-order valence-corrected chi connectivity index (χ2v) is 8.10. The lowest BCUT2D eigenvalue weighted by Crippen LogP contribution is -2.45. The summed E-state index contributed by atoms with van der Waals surface area (Å²) in [4.78, 5) is 6.50. The molecule has 2 rings (SSSR count). The van der Waals surface area contributed by atoms with Crippen LogP contribution in [0.25, 0.3) is 0 Å². The number of morpholine rings is 1. The van der Waals surface area contributed by atoms with Gasteiger partial charge < -0.3 is 9.64 Å². The van der Waals surface area contributed by atoms with Crippen LogP contribution in [0.3, 0.4) is 0 Å². The molecule has 1 aromatic rings. The Hall–Kier alpha value is -0.890. The third-order valence-electron chi connectivity index (χ3n) is 3.74. The molecule has 0 N–H and O–H groups in total. The quantitative estimate of drug-likeness (QED) is 0.759. The van der Waals surface area contributed by atoms with E-state index >= 15 is 0 Å². The molecule has 0 radical (unpaired) electrons. The van der Waals surface area contributed by atoms with Gasteiger partial charge in [-0.05, 0) is 24.1 Å². The molecule has 1 aromatic heterocycles. The topological polar surface area (TPSA) is 62.7 Å². The highest BCUT2D eigenvalue weighted by molar-refractivity contribution is 7.88. The fourth-order valence-electron chi connectivity index (χ4n) is 2.40. The lowest BCUT2D eigenvalue weighted by atomic mass is 10.1. The van der Waals surface area contributed by atoms with Gasteiger partial charge in [-0.2, -0.15) is 0 Å². The third-order valence-corrected chi connectivity index (χ3v) is 5.74. The van der Waals surface area contributed by atoms with Crippen LogP contribution in [0.2, 0.25) is 5.15 Å². The number of hydrogen-bond acceptors (Lipinski definition) is 5. The van der Waals surface area contributed by atoms with Crippen LogP contribution in [0, 0.1) is 0 Å². The van der Waals surface area contributed by atoms with Crippen molar-refractivity contribution >= 4 is 27.4 Å². The van der Waals surface area contributed by atoms with Crippen molar-refractivity contribution in [3.05, 3.63) is 22.8 Å². The maximum absolute atomic E-state index is 12.0. The van der Waals surface area contributed by atoms with Crippen molar-refractivity contribution in [1.82, 2.24) is 9.29 Å². The van der Waals surface area contributed by atoms with Gasteiger partial charge in [0.1, 0.15) is 11.0 Å². The predicted molar refractivity (Wildman–Crippen MR) is 87.8 cm³/mol. The first-order chi connectivity index (χ1) is 10.3. The first-order valence-corrected chi connectivity index (χ1v) is 9.23. The Morgan fingerprint density at radius 1 is 1.45 bits per heavy atom. The van der Waals surface area contributed by atoms with E-state index in [1.54, 1.807) is 12.1 Å². The number of sulfonamides is 1. The SMILES string of the molecule is CC[C@H]1COCCN1c1cc(CS(=O)(=O)N(C)C)cc(Cl)n1. The molecule has 8 heteroatoms. The minimum atomic E-state index is -3.33. The molecule has 22 heavy (non-hydrogen) atoms. The number of pyridine rings is 1. The van der Waals surface area contributed by atoms with E-state index in [-0.39, 0.29) is 11.8 Å². The molecule has 1 aliphatic rings. The zero-order valence-corrected chi connectivity index (χ0v) is 14.7. The summed E-state index contributed by atoms with van der Waals surface area (Å²) in [5.41, 5.74) is 0.644. The summed E-state index contributed by atoms with van der Waals surface area (Å²) in [5, 5.41) is 0.308. The monoisotopic (exact) mass is 347 g/mol. The van der Waals surface area contributed by atoms with E-state index in [1.165, 1.54) is 18.4 Å². The number of anilines is 1. The minimum Gasteiger partial charge on any atom is -0.377 e. The highest BCUT2D eigenvalue weighted by Gasteiger charge is 2.24. The summed E-state index contributed by atoms with van der Waals surface area (Å²) in [6, 6.07) is 3.65. The normalized spacial score (nSPS) is 19.7. The summed E-state index contributed by atoms with van der Waals surface area (Å²) in [6.45, 7) is 4.10. The molecule has 0 aliphatic carbocycles. The molecule has 124 valence electrons. The van der Waals surface area contributed by atoms with E-state index < -0.39 is 10.0 Å². The zero-order chi connectivity index (χ0) is 16.3. The zero-order valence-electron chi connectivity index (χ0n) is 13.1. The predicted octanol–water partition coefficient (Wildman–Crippen LogP) is 1.74. The van der Waals surface area contributed by atoms with Crippen molar-refractivity contribution in [3.8, 4) is 0 Å². The lowest BCUT2D eigenvalue weighted by Gasteiger charge is -2.36. The molecule has 6 nitrogen and oxygen atoms in total. The van der Waals surface area contributed by atoms with Crippen molar-refractivity contribution in [1.29, 1.82) is 0 Å². The van der Waals surface area contributed by atoms with Crippen LogP contribution < -0.4 is 4.90 Å². The van der Waals surface area contributed by atoms with Crippen molar-refractivity contribution in [2.75, 3.05) is 38.8 Å². The van der Waals surface area contributed by atoms with Gasteiger partial charge >= 0.3 is 0 Å². The average molecular weight is 348 g/mol. The summed E-state index contributed by atoms with van der Waals surface area (Å²) in [5.74, 6) is 0.628. The molecule has 2 heterocycles. The number of halogens is 1. The van der Waals surface area contributed by atoms with Crippen LogP contribution in [0.4, 0.5) is 5.82 Å². The van der Waals surface area contributed by atoms with Gasteiger partial charge in [0.2, 0.25) is 10.0 Å². The Morgan fingerprint density at radius 3 is 2.82 bits per heavy atom. The maximum Gasteiger partial charge on any atom is 0.217 e. The molecule has 0 unspecified atom stereocenters. The van der Waals surface area contributed by atoms with Gasteiger partial charge in [0.15, 0.2) is 0 Å². The number of ether oxygens (including phenoxy) is 1. The summed E-state index contributed by atoms with van der Waals surface area (Å²) in [7, 11) is -0.287. The highest BCUT2D eigenvalue weighted by Crippen LogP contribution is 2.24. The molecule has 0 spiro atoms. The number of rotatable bonds is 5. The molecule has 0 saturated carbocycles. The van der Waals surface area contributed by atoms with E-state index in [2.05, 4.69) is 16.8 Å². The molecule has 1 aliphatic heterocycles. The molecule has 1 saturated heterocycles. The van der Waals surface area contributed by atoms with Crippen LogP contribution in [0.1, 0.15) is 18.9 Å². The summed E-state index contributed by atoms with van der Waals surface area (Å²) in [6.07, 6.45) is 0.930. The second-order valence-electron chi connectivity index (χ2n) is 5.53. The van der Waals surface area contributed by atoms with Gasteiger partial charge in [-0.25, -0.2) is 17.7 Å². The van der Waals surface area contributed by atoms with Crippen LogP contribution in [-0.4, -0.2) is 57.6 Å². The average Bonchev–Trinajstić information content (AvgIpc) is 2.46. The maximum atomic E-state index is 12.0. The summed E-state index contributed by atoms with van der Waals surface area (Å²) >= 11 is 6.09. The van der Waals surface area contributed by atoms with Crippen molar-refractivity contribution < 1.29 is 13.2 Å². The van der Waals surface area contributed by atoms with Gasteiger partial charge in [0.25, 0.3) is 0 Å². The largest absolute Gasteiger partial charge is 0.377 e. The number of nitrogens with zero attached hydrogens (tertiary/aromatic N) is 3. The lowest BCUT2D eigenvalue weighted by molar-refractivity contribution is 0.0925. The Morgan fingerprint density at radius 2 is 2.18 bits per heavy atom. The standard InChI is InChI=1S/C14H22ClN3O3S/c1-4-12-9-21-6-5-18(12)14-8-11(7-13(15)16-14)10-22(19,20)17(2)3/h7-8,12H,4-6,9-10H2,1-3H3/t12-/m0/s1. The highest BCUT2D eigenvalue weighted by atomic mass is 35.5. The number of hydrogen-bond donors (Lipinski definition) is 0. The minimum absolute atomic E-state index is 0.0869. The van der Waals surface area contributed by atoms with E-state index in [0.29, 0.717) is 29.7 Å². The van der Waals surface area contributed by atoms with E-state index in [1.807, 2.05) is 0 Å². The Labute approximate surface area is 137 Å². The molecule has 0 bridgehead atoms. The Bertz CT molecular complexity index is 622. The van der Waals surface area contributed by atoms with Gasteiger partial charge in [0.05, 0.1) is 25.0 Å². The fourth-order valence-corrected chi connectivity index (χ4v) is 3.47. The smallest absolute Gasteiger partial charge is 0.217 e. The van der Waals surface area contributed by atoms with Gasteiger partial charge in [-0.15, -0.1) is 0 Å². The summed E-state index contributed by atoms with van der Waals surface area (Å²) < 4.78 is 30.8. The molecule has 1 fully saturated rings. The van der Waals surface area contributed by atoms with E-state index in [4.69, 9.17) is 16.3 Å². The second kappa shape index (κ2) is 7.12. The first kappa shape index (κ1) is 17.5. The molecular weight excluding hydrogens is 326 g/mol. The Kier molecular flexibility index (Phi) is 5.65. The molecular formula is C14H22ClN3O3S. The van der Waals surface area contributed by atoms with Crippen molar-refractivity contribution in [2.45, 2.75) is 25.1 Å². The van der Waals surface area contributed by atoms with E-state index in [0.717, 1.165) is 13.0 Å². The molecule has 0 amide bonds. The van der Waals surface area contributed by atoms with Crippen molar-refractivity contribution in [3.63, 3.8) is 0 Å². The van der Waals surface area contributed by atoms with Gasteiger partial charge in [-0.3, -0.25) is 0 Å². The molecule has 0 aromatic carbocycles. The van der Waals surface area contributed by atoms with E-state index in [9.17, 15) is 8.42 Å². The van der Waals surface area contributed by atoms with Crippen molar-refractivity contribution in [2.24, 2.45) is 0 Å². The number of aromatic nitrogens is 1. The Balaban J connectivity index is 2.30. The van der Waals surface area contributed by atoms with Crippen LogP contribution in [0.15, 0.2) is 12.1 Å². The van der Waals surface area contributed by atoms with Crippen LogP contribution in [-0.2, 0) is 20.5 Å². The van der Waals surface area contributed by atoms with Gasteiger partial charge in [0, 0.05) is 20.6 Å². The van der Waals surface area contributed by atoms with Crippen LogP contribution >= 0.6 is 11.6 Å². The first-order valence-electron chi connectivity index (χ1n) is 7.24. The van der Waals surface area contributed by atoms with Crippen LogP contribution in [0.5, 0.6) is 0 Å².